The van der Waals surface area contributed by atoms with E-state index in [9.17, 15) is 17.6 Å². The van der Waals surface area contributed by atoms with Gasteiger partial charge in [-0.25, -0.2) is 13.7 Å². The van der Waals surface area contributed by atoms with Crippen LogP contribution in [0, 0.1) is 0 Å². The van der Waals surface area contributed by atoms with Gasteiger partial charge in [0.2, 0.25) is 0 Å². The predicted molar refractivity (Wildman–Crippen MR) is 31.8 cm³/mol. The average molecular weight is 171 g/mol. The molecule has 1 fully saturated rings. The van der Waals surface area contributed by atoms with Crippen LogP contribution >= 0.6 is 0 Å². The van der Waals surface area contributed by atoms with Crippen molar-refractivity contribution in [2.45, 2.75) is 25.3 Å². The Labute approximate surface area is 62.0 Å². The van der Waals surface area contributed by atoms with Gasteiger partial charge >= 0.3 is 12.5 Å². The molecule has 5 heteroatoms. The average Bonchev–Trinajstić information content (AvgIpc) is 2.37. The first-order valence-corrected chi connectivity index (χ1v) is 3.46. The summed E-state index contributed by atoms with van der Waals surface area (Å²) in [5.41, 5.74) is 0. The number of halogens is 4. The quantitative estimate of drug-likeness (QED) is 0.453. The first kappa shape index (κ1) is 8.77. The Bertz CT molecular complexity index is 131. The van der Waals surface area contributed by atoms with Gasteiger partial charge in [-0.1, -0.05) is 0 Å². The van der Waals surface area contributed by atoms with Crippen molar-refractivity contribution in [1.82, 2.24) is 4.90 Å². The Morgan fingerprint density at radius 3 is 1.91 bits per heavy atom. The molecule has 0 unspecified atom stereocenters. The fraction of sp³-hybridized carbons (Fsp3) is 1.00. The van der Waals surface area contributed by atoms with Crippen LogP contribution in [0.5, 0.6) is 0 Å². The third-order valence-corrected chi connectivity index (χ3v) is 1.79. The molecule has 0 radical (unpaired) electrons. The predicted octanol–water partition coefficient (Wildman–Crippen LogP) is 1.94. The highest BCUT2D eigenvalue weighted by Gasteiger charge is 2.47. The second kappa shape index (κ2) is 2.97. The van der Waals surface area contributed by atoms with Gasteiger partial charge in [0, 0.05) is 13.1 Å². The minimum atomic E-state index is -3.92. The van der Waals surface area contributed by atoms with Crippen LogP contribution in [0.25, 0.3) is 0 Å². The summed E-state index contributed by atoms with van der Waals surface area (Å²) in [5, 5.41) is 0. The van der Waals surface area contributed by atoms with E-state index in [-0.39, 0.29) is 13.1 Å². The highest BCUT2D eigenvalue weighted by molar-refractivity contribution is 4.76. The van der Waals surface area contributed by atoms with E-state index >= 15 is 0 Å². The van der Waals surface area contributed by atoms with Crippen LogP contribution in [0.3, 0.4) is 0 Å². The van der Waals surface area contributed by atoms with Crippen molar-refractivity contribution in [3.8, 4) is 0 Å². The topological polar surface area (TPSA) is 3.24 Å². The van der Waals surface area contributed by atoms with Gasteiger partial charge in [0.05, 0.1) is 0 Å². The molecule has 1 rings (SSSR count). The first-order chi connectivity index (χ1) is 5.05. The van der Waals surface area contributed by atoms with Crippen LogP contribution < -0.4 is 0 Å². The molecule has 0 amide bonds. The zero-order valence-corrected chi connectivity index (χ0v) is 5.86. The third kappa shape index (κ3) is 1.64. The number of nitrogens with zero attached hydrogens (tertiary/aromatic N) is 1. The number of alkyl halides is 4. The Hall–Kier alpha value is -0.320. The Balaban J connectivity index is 2.55. The van der Waals surface area contributed by atoms with Crippen molar-refractivity contribution in [2.24, 2.45) is 0 Å². The molecule has 0 atom stereocenters. The van der Waals surface area contributed by atoms with E-state index in [1.165, 1.54) is 0 Å². The molecule has 0 aromatic rings. The van der Waals surface area contributed by atoms with Crippen LogP contribution in [0.1, 0.15) is 12.8 Å². The molecule has 0 saturated carbocycles. The molecule has 0 aliphatic carbocycles. The standard InChI is InChI=1S/C6H9F4N/c7-5(8)6(9,10)11-3-1-2-4-11/h5H,1-4H2. The van der Waals surface area contributed by atoms with E-state index in [0.717, 1.165) is 0 Å². The van der Waals surface area contributed by atoms with Gasteiger partial charge in [-0.05, 0) is 12.8 Å². The molecule has 0 N–H and O–H groups in total. The molecule has 1 aliphatic heterocycles. The molecule has 0 bridgehead atoms. The lowest BCUT2D eigenvalue weighted by Crippen LogP contribution is -2.45. The SMILES string of the molecule is FC(F)C(F)(F)N1CCCC1. The maximum Gasteiger partial charge on any atom is 0.364 e. The lowest BCUT2D eigenvalue weighted by atomic mass is 10.4. The van der Waals surface area contributed by atoms with E-state index in [4.69, 9.17) is 0 Å². The third-order valence-electron chi connectivity index (χ3n) is 1.79. The van der Waals surface area contributed by atoms with Gasteiger partial charge in [0.15, 0.2) is 0 Å². The summed E-state index contributed by atoms with van der Waals surface area (Å²) in [6.45, 7) is 0.161. The van der Waals surface area contributed by atoms with E-state index in [1.807, 2.05) is 0 Å². The molecular weight excluding hydrogens is 162 g/mol. The van der Waals surface area contributed by atoms with Crippen molar-refractivity contribution in [3.63, 3.8) is 0 Å². The van der Waals surface area contributed by atoms with Gasteiger partial charge in [0.25, 0.3) is 0 Å². The van der Waals surface area contributed by atoms with E-state index < -0.39 is 12.5 Å². The number of rotatable bonds is 2. The highest BCUT2D eigenvalue weighted by Crippen LogP contribution is 2.30. The largest absolute Gasteiger partial charge is 0.364 e. The second-order valence-electron chi connectivity index (χ2n) is 2.58. The Morgan fingerprint density at radius 1 is 1.09 bits per heavy atom. The van der Waals surface area contributed by atoms with Crippen molar-refractivity contribution in [3.05, 3.63) is 0 Å². The first-order valence-electron chi connectivity index (χ1n) is 3.46. The normalized spacial score (nSPS) is 21.5. The Kier molecular flexibility index (Phi) is 2.37. The second-order valence-corrected chi connectivity index (χ2v) is 2.58. The molecular formula is C6H9F4N. The molecule has 0 aromatic carbocycles. The maximum absolute atomic E-state index is 12.4. The molecule has 11 heavy (non-hydrogen) atoms. The highest BCUT2D eigenvalue weighted by atomic mass is 19.3. The summed E-state index contributed by atoms with van der Waals surface area (Å²) < 4.78 is 48.2. The van der Waals surface area contributed by atoms with Crippen molar-refractivity contribution >= 4 is 0 Å². The van der Waals surface area contributed by atoms with Crippen LogP contribution in [0.4, 0.5) is 17.6 Å². The lowest BCUT2D eigenvalue weighted by Gasteiger charge is -2.25. The summed E-state index contributed by atoms with van der Waals surface area (Å²) in [6.07, 6.45) is -2.40. The van der Waals surface area contributed by atoms with Crippen molar-refractivity contribution < 1.29 is 17.6 Å². The Morgan fingerprint density at radius 2 is 1.55 bits per heavy atom. The minimum Gasteiger partial charge on any atom is -0.240 e. The van der Waals surface area contributed by atoms with Crippen molar-refractivity contribution in [1.29, 1.82) is 0 Å². The van der Waals surface area contributed by atoms with E-state index in [0.29, 0.717) is 17.7 Å². The summed E-state index contributed by atoms with van der Waals surface area (Å²) in [5.74, 6) is 0. The molecule has 1 saturated heterocycles. The van der Waals surface area contributed by atoms with Gasteiger partial charge in [-0.15, -0.1) is 0 Å². The zero-order valence-electron chi connectivity index (χ0n) is 5.86. The fourth-order valence-corrected chi connectivity index (χ4v) is 1.15. The molecule has 66 valence electrons. The van der Waals surface area contributed by atoms with Crippen molar-refractivity contribution in [2.75, 3.05) is 13.1 Å². The number of likely N-dealkylation sites (tertiary alicyclic amines) is 1. The molecule has 0 aromatic heterocycles. The molecule has 1 aliphatic rings. The zero-order chi connectivity index (χ0) is 8.48. The molecule has 1 heterocycles. The van der Waals surface area contributed by atoms with Gasteiger partial charge in [-0.3, -0.25) is 0 Å². The van der Waals surface area contributed by atoms with E-state index in [2.05, 4.69) is 0 Å². The summed E-state index contributed by atoms with van der Waals surface area (Å²) >= 11 is 0. The molecule has 0 spiro atoms. The van der Waals surface area contributed by atoms with Crippen LogP contribution in [-0.4, -0.2) is 30.5 Å². The fourth-order valence-electron chi connectivity index (χ4n) is 1.15. The van der Waals surface area contributed by atoms with Gasteiger partial charge < -0.3 is 0 Å². The van der Waals surface area contributed by atoms with Gasteiger partial charge in [0.1, 0.15) is 0 Å². The van der Waals surface area contributed by atoms with Crippen LogP contribution in [0.15, 0.2) is 0 Å². The number of hydrogen-bond donors (Lipinski definition) is 0. The summed E-state index contributed by atoms with van der Waals surface area (Å²) in [4.78, 5) is 0.539. The number of hydrogen-bond acceptors (Lipinski definition) is 1. The smallest absolute Gasteiger partial charge is 0.240 e. The van der Waals surface area contributed by atoms with E-state index in [1.54, 1.807) is 0 Å². The monoisotopic (exact) mass is 171 g/mol. The van der Waals surface area contributed by atoms with Gasteiger partial charge in [-0.2, -0.15) is 8.78 Å². The molecule has 1 nitrogen and oxygen atoms in total. The lowest BCUT2D eigenvalue weighted by molar-refractivity contribution is -0.220. The minimum absolute atomic E-state index is 0.0807. The van der Waals surface area contributed by atoms with Crippen LogP contribution in [0.2, 0.25) is 0 Å². The maximum atomic E-state index is 12.4. The summed E-state index contributed by atoms with van der Waals surface area (Å²) in [6, 6.07) is -3.92. The van der Waals surface area contributed by atoms with Crippen LogP contribution in [-0.2, 0) is 0 Å². The summed E-state index contributed by atoms with van der Waals surface area (Å²) in [7, 11) is 0.